The number of carbonyl (C=O) groups excluding carboxylic acids is 3. The predicted octanol–water partition coefficient (Wildman–Crippen LogP) is 7.62. The maximum absolute atomic E-state index is 12.5. The normalized spacial score (nSPS) is 10.5. The van der Waals surface area contributed by atoms with Gasteiger partial charge in [-0.05, 0) is 109 Å². The molecule has 0 aliphatic heterocycles. The van der Waals surface area contributed by atoms with Gasteiger partial charge in [0.05, 0.1) is 0 Å². The van der Waals surface area contributed by atoms with E-state index in [0.717, 1.165) is 33.4 Å². The average molecular weight is 627 g/mol. The Balaban J connectivity index is 1.91. The Hall–Kier alpha value is -5.11. The molecule has 0 aromatic heterocycles. The first-order chi connectivity index (χ1) is 21.9. The highest BCUT2D eigenvalue weighted by Crippen LogP contribution is 2.36. The second-order valence-electron chi connectivity index (χ2n) is 10.8. The molecule has 0 spiro atoms. The maximum Gasteiger partial charge on any atom is 0.338 e. The van der Waals surface area contributed by atoms with E-state index >= 15 is 0 Å². The summed E-state index contributed by atoms with van der Waals surface area (Å²) in [6.07, 6.45) is 1.42. The Morgan fingerprint density at radius 3 is 1.33 bits per heavy atom. The maximum atomic E-state index is 12.5. The Bertz CT molecular complexity index is 1530. The van der Waals surface area contributed by atoms with Crippen LogP contribution in [0.3, 0.4) is 0 Å². The molecule has 0 fully saturated rings. The fourth-order valence-corrected chi connectivity index (χ4v) is 4.36. The van der Waals surface area contributed by atoms with Crippen LogP contribution >= 0.6 is 0 Å². The lowest BCUT2D eigenvalue weighted by atomic mass is 9.95. The lowest BCUT2D eigenvalue weighted by molar-refractivity contribution is -0.140. The summed E-state index contributed by atoms with van der Waals surface area (Å²) in [7, 11) is 0. The molecule has 0 saturated carbocycles. The van der Waals surface area contributed by atoms with Crippen LogP contribution in [0.4, 0.5) is 0 Å². The highest BCUT2D eigenvalue weighted by atomic mass is 16.6. The van der Waals surface area contributed by atoms with Crippen molar-refractivity contribution >= 4 is 17.9 Å². The fraction of sp³-hybridized carbons (Fsp3) is 0.289. The second kappa shape index (κ2) is 16.8. The molecule has 0 N–H and O–H groups in total. The number of rotatable bonds is 16. The molecule has 0 heterocycles. The zero-order valence-electron chi connectivity index (χ0n) is 27.3. The van der Waals surface area contributed by atoms with Crippen LogP contribution in [0.15, 0.2) is 91.1 Å². The third-order valence-electron chi connectivity index (χ3n) is 6.86. The average Bonchev–Trinajstić information content (AvgIpc) is 3.04. The van der Waals surface area contributed by atoms with Crippen LogP contribution in [-0.4, -0.2) is 44.3 Å². The first-order valence-corrected chi connectivity index (χ1v) is 15.1. The number of ether oxygens (including phenoxy) is 5. The Morgan fingerprint density at radius 1 is 0.543 bits per heavy atom. The molecule has 0 unspecified atom stereocenters. The van der Waals surface area contributed by atoms with Crippen LogP contribution in [0.25, 0.3) is 22.3 Å². The molecule has 0 aliphatic rings. The van der Waals surface area contributed by atoms with Gasteiger partial charge < -0.3 is 23.7 Å². The third-order valence-corrected chi connectivity index (χ3v) is 6.86. The van der Waals surface area contributed by atoms with E-state index in [4.69, 9.17) is 23.7 Å². The highest BCUT2D eigenvalue weighted by Gasteiger charge is 2.14. The van der Waals surface area contributed by atoms with Crippen LogP contribution in [0.5, 0.6) is 17.2 Å². The van der Waals surface area contributed by atoms with E-state index in [1.165, 1.54) is 0 Å². The fourth-order valence-electron chi connectivity index (χ4n) is 4.36. The topological polar surface area (TPSA) is 97.4 Å². The molecule has 242 valence electrons. The van der Waals surface area contributed by atoms with Gasteiger partial charge in [0.1, 0.15) is 43.7 Å². The van der Waals surface area contributed by atoms with Gasteiger partial charge in [-0.15, -0.1) is 0 Å². The van der Waals surface area contributed by atoms with Crippen molar-refractivity contribution in [3.05, 3.63) is 102 Å². The van der Waals surface area contributed by atoms with E-state index in [1.54, 1.807) is 20.8 Å². The van der Waals surface area contributed by atoms with Crippen molar-refractivity contribution in [2.75, 3.05) is 26.4 Å². The quantitative estimate of drug-likeness (QED) is 0.0693. The van der Waals surface area contributed by atoms with E-state index in [2.05, 4.69) is 19.7 Å². The first-order valence-electron chi connectivity index (χ1n) is 15.1. The van der Waals surface area contributed by atoms with Gasteiger partial charge >= 0.3 is 17.9 Å². The number of hydrogen-bond donors (Lipinski definition) is 0. The van der Waals surface area contributed by atoms with Crippen molar-refractivity contribution in [1.82, 2.24) is 0 Å². The molecular weight excluding hydrogens is 584 g/mol. The molecule has 0 amide bonds. The third kappa shape index (κ3) is 9.95. The minimum atomic E-state index is -0.515. The van der Waals surface area contributed by atoms with Crippen LogP contribution < -0.4 is 14.2 Å². The summed E-state index contributed by atoms with van der Waals surface area (Å²) in [6.45, 7) is 20.4. The predicted molar refractivity (Wildman–Crippen MR) is 179 cm³/mol. The Morgan fingerprint density at radius 2 is 0.957 bits per heavy atom. The smallest absolute Gasteiger partial charge is 0.338 e. The number of esters is 3. The van der Waals surface area contributed by atoms with Gasteiger partial charge in [-0.1, -0.05) is 45.7 Å². The molecule has 3 aromatic rings. The summed E-state index contributed by atoms with van der Waals surface area (Å²) in [5, 5.41) is 0. The van der Waals surface area contributed by atoms with E-state index in [-0.39, 0.29) is 26.4 Å². The van der Waals surface area contributed by atoms with Gasteiger partial charge in [-0.25, -0.2) is 14.4 Å². The van der Waals surface area contributed by atoms with E-state index in [9.17, 15) is 14.4 Å². The zero-order chi connectivity index (χ0) is 33.8. The summed E-state index contributed by atoms with van der Waals surface area (Å²) in [5.41, 5.74) is 6.41. The summed E-state index contributed by atoms with van der Waals surface area (Å²) < 4.78 is 27.8. The standard InChI is InChI=1S/C38H42O8/c1-9-27-19-29(11-13-34(27)42-15-17-44-36(39)24(3)4)31-21-32(23-33(22-31)46-38(41)26(7)8)30-12-14-35(28(10-2)20-30)43-16-18-45-37(40)25(5)6/h11-14,19-23H,3,5,7,9-10,15-18H2,1-2,4,6,8H3. The molecule has 0 aliphatic carbocycles. The summed E-state index contributed by atoms with van der Waals surface area (Å²) in [4.78, 5) is 35.8. The highest BCUT2D eigenvalue weighted by molar-refractivity contribution is 5.89. The molecule has 3 aromatic carbocycles. The number of carbonyl (C=O) groups is 3. The Kier molecular flexibility index (Phi) is 12.9. The van der Waals surface area contributed by atoms with E-state index in [1.807, 2.05) is 68.4 Å². The lowest BCUT2D eigenvalue weighted by Gasteiger charge is -2.16. The van der Waals surface area contributed by atoms with E-state index in [0.29, 0.717) is 46.8 Å². The van der Waals surface area contributed by atoms with Crippen LogP contribution in [0.1, 0.15) is 45.7 Å². The number of hydrogen-bond acceptors (Lipinski definition) is 8. The first kappa shape index (κ1) is 35.4. The van der Waals surface area contributed by atoms with Crippen LogP contribution in [0, 0.1) is 0 Å². The molecule has 8 heteroatoms. The van der Waals surface area contributed by atoms with Gasteiger partial charge in [0.2, 0.25) is 0 Å². The van der Waals surface area contributed by atoms with Crippen LogP contribution in [-0.2, 0) is 36.7 Å². The van der Waals surface area contributed by atoms with Gasteiger partial charge in [-0.2, -0.15) is 0 Å². The lowest BCUT2D eigenvalue weighted by Crippen LogP contribution is -2.13. The van der Waals surface area contributed by atoms with Crippen molar-refractivity contribution in [2.24, 2.45) is 0 Å². The second-order valence-corrected chi connectivity index (χ2v) is 10.8. The molecule has 0 saturated heterocycles. The molecular formula is C38H42O8. The summed E-state index contributed by atoms with van der Waals surface area (Å²) >= 11 is 0. The number of benzene rings is 3. The minimum absolute atomic E-state index is 0.113. The molecule has 8 nitrogen and oxygen atoms in total. The molecule has 0 bridgehead atoms. The molecule has 46 heavy (non-hydrogen) atoms. The van der Waals surface area contributed by atoms with Crippen molar-refractivity contribution in [3.8, 4) is 39.5 Å². The van der Waals surface area contributed by atoms with Crippen molar-refractivity contribution in [2.45, 2.75) is 47.5 Å². The molecule has 0 radical (unpaired) electrons. The zero-order valence-corrected chi connectivity index (χ0v) is 27.3. The van der Waals surface area contributed by atoms with Gasteiger partial charge in [0.15, 0.2) is 0 Å². The number of aryl methyl sites for hydroxylation is 2. The largest absolute Gasteiger partial charge is 0.490 e. The summed E-state index contributed by atoms with van der Waals surface area (Å²) in [5.74, 6) is 0.357. The van der Waals surface area contributed by atoms with Gasteiger partial charge in [0.25, 0.3) is 0 Å². The van der Waals surface area contributed by atoms with Gasteiger partial charge in [0, 0.05) is 16.7 Å². The van der Waals surface area contributed by atoms with E-state index < -0.39 is 17.9 Å². The summed E-state index contributed by atoms with van der Waals surface area (Å²) in [6, 6.07) is 17.4. The van der Waals surface area contributed by atoms with Gasteiger partial charge in [-0.3, -0.25) is 0 Å². The minimum Gasteiger partial charge on any atom is -0.490 e. The molecule has 0 atom stereocenters. The van der Waals surface area contributed by atoms with Crippen molar-refractivity contribution < 1.29 is 38.1 Å². The monoisotopic (exact) mass is 626 g/mol. The van der Waals surface area contributed by atoms with Crippen molar-refractivity contribution in [3.63, 3.8) is 0 Å². The van der Waals surface area contributed by atoms with Crippen LogP contribution in [0.2, 0.25) is 0 Å². The van der Waals surface area contributed by atoms with Crippen molar-refractivity contribution in [1.29, 1.82) is 0 Å². The molecule has 3 rings (SSSR count). The SMILES string of the molecule is C=C(C)C(=O)OCCOc1ccc(-c2cc(OC(=O)C(=C)C)cc(-c3ccc(OCCOC(=O)C(=C)C)c(CC)c3)c2)cc1CC. The Labute approximate surface area is 271 Å².